The van der Waals surface area contributed by atoms with Gasteiger partial charge in [-0.1, -0.05) is 12.1 Å². The van der Waals surface area contributed by atoms with Crippen LogP contribution in [0.25, 0.3) is 0 Å². The van der Waals surface area contributed by atoms with Gasteiger partial charge in [0.15, 0.2) is 0 Å². The van der Waals surface area contributed by atoms with Gasteiger partial charge < -0.3 is 10.5 Å². The second kappa shape index (κ2) is 4.72. The maximum Gasteiger partial charge on any atom is 0.132 e. The first-order valence-electron chi connectivity index (χ1n) is 3.65. The summed E-state index contributed by atoms with van der Waals surface area (Å²) in [7, 11) is 1.58. The van der Waals surface area contributed by atoms with E-state index in [2.05, 4.69) is 0 Å². The van der Waals surface area contributed by atoms with Crippen LogP contribution in [0.1, 0.15) is 11.1 Å². The zero-order valence-electron chi connectivity index (χ0n) is 7.63. The van der Waals surface area contributed by atoms with Crippen LogP contribution in [0.4, 0.5) is 0 Å². The van der Waals surface area contributed by atoms with Gasteiger partial charge in [-0.15, -0.1) is 12.4 Å². The van der Waals surface area contributed by atoms with E-state index in [1.165, 1.54) is 0 Å². The minimum atomic E-state index is 0. The average molecular weight is 201 g/mol. The number of nitrogens with one attached hydrogen (secondary N) is 1. The van der Waals surface area contributed by atoms with E-state index in [0.29, 0.717) is 11.3 Å². The molecule has 0 heterocycles. The van der Waals surface area contributed by atoms with E-state index in [1.54, 1.807) is 13.2 Å². The molecule has 0 unspecified atom stereocenters. The molecule has 0 fully saturated rings. The Balaban J connectivity index is 0.00000144. The van der Waals surface area contributed by atoms with Gasteiger partial charge in [-0.3, -0.25) is 5.41 Å². The van der Waals surface area contributed by atoms with Gasteiger partial charge in [0.05, 0.1) is 12.7 Å². The number of methoxy groups -OCH3 is 1. The van der Waals surface area contributed by atoms with Crippen LogP contribution < -0.4 is 10.5 Å². The van der Waals surface area contributed by atoms with Crippen LogP contribution in [-0.4, -0.2) is 12.9 Å². The molecule has 4 heteroatoms. The number of benzene rings is 1. The summed E-state index contributed by atoms with van der Waals surface area (Å²) in [5, 5.41) is 7.27. The van der Waals surface area contributed by atoms with Gasteiger partial charge in [-0.2, -0.15) is 0 Å². The summed E-state index contributed by atoms with van der Waals surface area (Å²) in [5.74, 6) is 0.723. The van der Waals surface area contributed by atoms with Gasteiger partial charge >= 0.3 is 0 Å². The molecule has 0 aliphatic rings. The molecule has 0 aromatic heterocycles. The van der Waals surface area contributed by atoms with Gasteiger partial charge in [0.25, 0.3) is 0 Å². The van der Waals surface area contributed by atoms with Crippen LogP contribution in [-0.2, 0) is 0 Å². The third kappa shape index (κ3) is 2.36. The Bertz CT molecular complexity index is 312. The Morgan fingerprint density at radius 1 is 1.46 bits per heavy atom. The average Bonchev–Trinajstić information content (AvgIpc) is 2.03. The van der Waals surface area contributed by atoms with Crippen molar-refractivity contribution >= 4 is 18.2 Å². The third-order valence-electron chi connectivity index (χ3n) is 1.71. The second-order valence-electron chi connectivity index (χ2n) is 2.57. The van der Waals surface area contributed by atoms with Crippen LogP contribution in [0.5, 0.6) is 5.75 Å². The molecule has 1 rings (SSSR count). The summed E-state index contributed by atoms with van der Waals surface area (Å²) < 4.78 is 5.12. The smallest absolute Gasteiger partial charge is 0.132 e. The minimum absolute atomic E-state index is 0. The molecule has 1 aromatic rings. The number of halogens is 1. The highest BCUT2D eigenvalue weighted by Crippen LogP contribution is 2.21. The predicted molar refractivity (Wildman–Crippen MR) is 56.0 cm³/mol. The van der Waals surface area contributed by atoms with Crippen LogP contribution in [0.15, 0.2) is 18.2 Å². The van der Waals surface area contributed by atoms with Crippen molar-refractivity contribution in [2.24, 2.45) is 5.73 Å². The van der Waals surface area contributed by atoms with Crippen molar-refractivity contribution in [1.82, 2.24) is 0 Å². The van der Waals surface area contributed by atoms with E-state index in [9.17, 15) is 0 Å². The van der Waals surface area contributed by atoms with Crippen molar-refractivity contribution < 1.29 is 4.74 Å². The summed E-state index contributed by atoms with van der Waals surface area (Å²) in [5.41, 5.74) is 7.00. The first-order valence-corrected chi connectivity index (χ1v) is 3.65. The Kier molecular flexibility index (Phi) is 4.28. The molecule has 0 atom stereocenters. The Hall–Kier alpha value is -1.22. The fourth-order valence-electron chi connectivity index (χ4n) is 1.14. The summed E-state index contributed by atoms with van der Waals surface area (Å²) in [6, 6.07) is 5.55. The van der Waals surface area contributed by atoms with Crippen molar-refractivity contribution in [1.29, 1.82) is 5.41 Å². The molecule has 13 heavy (non-hydrogen) atoms. The number of nitrogens with two attached hydrogens (primary N) is 1. The van der Waals surface area contributed by atoms with Crippen molar-refractivity contribution in [2.45, 2.75) is 6.92 Å². The van der Waals surface area contributed by atoms with E-state index < -0.39 is 0 Å². The quantitative estimate of drug-likeness (QED) is 0.564. The van der Waals surface area contributed by atoms with Crippen LogP contribution >= 0.6 is 12.4 Å². The lowest BCUT2D eigenvalue weighted by molar-refractivity contribution is 0.411. The van der Waals surface area contributed by atoms with Gasteiger partial charge in [0, 0.05) is 0 Å². The Labute approximate surface area is 83.8 Å². The fourth-order valence-corrected chi connectivity index (χ4v) is 1.14. The minimum Gasteiger partial charge on any atom is -0.496 e. The van der Waals surface area contributed by atoms with E-state index in [4.69, 9.17) is 15.9 Å². The molecular formula is C9H13ClN2O. The molecule has 0 spiro atoms. The van der Waals surface area contributed by atoms with Crippen molar-refractivity contribution in [3.8, 4) is 5.75 Å². The summed E-state index contributed by atoms with van der Waals surface area (Å²) in [4.78, 5) is 0. The molecule has 0 saturated heterocycles. The standard InChI is InChI=1S/C9H12N2O.ClH/c1-6-4-3-5-7(9(10)11)8(6)12-2;/h3-5H,1-2H3,(H3,10,11);1H. The number of para-hydroxylation sites is 1. The zero-order chi connectivity index (χ0) is 9.14. The highest BCUT2D eigenvalue weighted by Gasteiger charge is 2.06. The summed E-state index contributed by atoms with van der Waals surface area (Å²) in [6.45, 7) is 1.92. The van der Waals surface area contributed by atoms with E-state index >= 15 is 0 Å². The van der Waals surface area contributed by atoms with Crippen molar-refractivity contribution in [3.63, 3.8) is 0 Å². The predicted octanol–water partition coefficient (Wildman–Crippen LogP) is 1.71. The zero-order valence-corrected chi connectivity index (χ0v) is 8.44. The van der Waals surface area contributed by atoms with Gasteiger partial charge in [0.1, 0.15) is 11.6 Å². The molecule has 0 radical (unpaired) electrons. The van der Waals surface area contributed by atoms with Crippen LogP contribution in [0.2, 0.25) is 0 Å². The largest absolute Gasteiger partial charge is 0.496 e. The molecule has 72 valence electrons. The topological polar surface area (TPSA) is 59.1 Å². The lowest BCUT2D eigenvalue weighted by Gasteiger charge is -2.08. The Morgan fingerprint density at radius 3 is 2.46 bits per heavy atom. The van der Waals surface area contributed by atoms with E-state index in [0.717, 1.165) is 5.56 Å². The number of ether oxygens (including phenoxy) is 1. The maximum absolute atomic E-state index is 7.27. The number of hydrogen-bond acceptors (Lipinski definition) is 2. The molecule has 0 bridgehead atoms. The maximum atomic E-state index is 7.27. The number of hydrogen-bond donors (Lipinski definition) is 2. The fraction of sp³-hybridized carbons (Fsp3) is 0.222. The Morgan fingerprint density at radius 2 is 2.08 bits per heavy atom. The van der Waals surface area contributed by atoms with Crippen LogP contribution in [0.3, 0.4) is 0 Å². The monoisotopic (exact) mass is 200 g/mol. The van der Waals surface area contributed by atoms with Crippen LogP contribution in [0, 0.1) is 12.3 Å². The molecule has 0 amide bonds. The normalized spacial score (nSPS) is 8.77. The highest BCUT2D eigenvalue weighted by atomic mass is 35.5. The summed E-state index contributed by atoms with van der Waals surface area (Å²) >= 11 is 0. The number of amidine groups is 1. The third-order valence-corrected chi connectivity index (χ3v) is 1.71. The first kappa shape index (κ1) is 11.8. The summed E-state index contributed by atoms with van der Waals surface area (Å²) in [6.07, 6.45) is 0. The number of nitrogen functional groups attached to an aromatic ring is 1. The SMILES string of the molecule is COc1c(C)cccc1C(=N)N.Cl. The van der Waals surface area contributed by atoms with Gasteiger partial charge in [0.2, 0.25) is 0 Å². The van der Waals surface area contributed by atoms with Crippen molar-refractivity contribution in [2.75, 3.05) is 7.11 Å². The van der Waals surface area contributed by atoms with Crippen molar-refractivity contribution in [3.05, 3.63) is 29.3 Å². The van der Waals surface area contributed by atoms with Gasteiger partial charge in [-0.05, 0) is 18.6 Å². The molecular weight excluding hydrogens is 188 g/mol. The number of rotatable bonds is 2. The molecule has 3 nitrogen and oxygen atoms in total. The first-order chi connectivity index (χ1) is 5.66. The van der Waals surface area contributed by atoms with E-state index in [-0.39, 0.29) is 18.2 Å². The lowest BCUT2D eigenvalue weighted by Crippen LogP contribution is -2.12. The lowest BCUT2D eigenvalue weighted by atomic mass is 10.1. The molecule has 0 aliphatic carbocycles. The molecule has 1 aromatic carbocycles. The second-order valence-corrected chi connectivity index (χ2v) is 2.57. The molecule has 0 saturated carbocycles. The highest BCUT2D eigenvalue weighted by molar-refractivity contribution is 5.98. The molecule has 3 N–H and O–H groups in total. The van der Waals surface area contributed by atoms with E-state index in [1.807, 2.05) is 19.1 Å². The molecule has 0 aliphatic heterocycles. The number of aryl methyl sites for hydroxylation is 1. The van der Waals surface area contributed by atoms with Gasteiger partial charge in [-0.25, -0.2) is 0 Å².